The number of imide groups is 2. The van der Waals surface area contributed by atoms with Crippen LogP contribution >= 0.6 is 0 Å². The lowest BCUT2D eigenvalue weighted by Crippen LogP contribution is -2.55. The maximum Gasteiger partial charge on any atom is 0.411 e. The van der Waals surface area contributed by atoms with Crippen LogP contribution in [-0.4, -0.2) is 46.2 Å². The van der Waals surface area contributed by atoms with Crippen molar-refractivity contribution in [2.45, 2.75) is 17.8 Å². The van der Waals surface area contributed by atoms with Crippen LogP contribution in [0.25, 0.3) is 0 Å². The molecule has 2 aliphatic rings. The van der Waals surface area contributed by atoms with Crippen LogP contribution in [0, 0.1) is 0 Å². The lowest BCUT2D eigenvalue weighted by atomic mass is 9.71. The van der Waals surface area contributed by atoms with Crippen LogP contribution in [0.3, 0.4) is 0 Å². The van der Waals surface area contributed by atoms with E-state index in [1.807, 2.05) is 0 Å². The Hall–Kier alpha value is -4.62. The smallest absolute Gasteiger partial charge is 0.411 e. The predicted octanol–water partition coefficient (Wildman–Crippen LogP) is 3.37. The Morgan fingerprint density at radius 3 is 1.11 bits per heavy atom. The van der Waals surface area contributed by atoms with Crippen LogP contribution in [0.1, 0.15) is 11.1 Å². The van der Waals surface area contributed by atoms with E-state index in [-0.39, 0.29) is 21.9 Å². The third kappa shape index (κ3) is 3.72. The third-order valence-electron chi connectivity index (χ3n) is 5.75. The summed E-state index contributed by atoms with van der Waals surface area (Å²) < 4.78 is 88.0. The molecular weight excluding hydrogens is 514 g/mol. The molecule has 2 N–H and O–H groups in total. The van der Waals surface area contributed by atoms with Gasteiger partial charge in [-0.05, 0) is 36.4 Å². The fraction of sp³-hybridized carbons (Fsp3) is 0.130. The second-order valence-corrected chi connectivity index (χ2v) is 7.84. The molecule has 192 valence electrons. The van der Waals surface area contributed by atoms with Crippen LogP contribution in [0.15, 0.2) is 60.7 Å². The summed E-state index contributed by atoms with van der Waals surface area (Å²) in [5, 5.41) is 20.5. The average molecular weight is 526 g/mol. The number of aromatic hydroxyl groups is 2. The molecule has 2 aromatic rings. The molecule has 0 bridgehead atoms. The molecule has 4 amide bonds. The molecule has 0 radical (unpaired) electrons. The van der Waals surface area contributed by atoms with Gasteiger partial charge in [0.05, 0.1) is 11.4 Å². The SMILES string of the molecule is O=C1C=CC(=O)N1c1ccc(O)c(C(c2cc(N3C(=O)C=CC3=O)ccc2O)(C(F)(F)F)C(F)(F)F)c1. The van der Waals surface area contributed by atoms with E-state index in [1.165, 1.54) is 0 Å². The van der Waals surface area contributed by atoms with E-state index < -0.39 is 75.4 Å². The van der Waals surface area contributed by atoms with Crippen molar-refractivity contribution in [1.82, 2.24) is 0 Å². The number of amides is 4. The zero-order valence-corrected chi connectivity index (χ0v) is 18.0. The minimum Gasteiger partial charge on any atom is -0.508 e. The summed E-state index contributed by atoms with van der Waals surface area (Å²) in [4.78, 5) is 48.6. The van der Waals surface area contributed by atoms with Gasteiger partial charge in [0, 0.05) is 35.4 Å². The quantitative estimate of drug-likeness (QED) is 0.467. The van der Waals surface area contributed by atoms with Crippen LogP contribution in [0.4, 0.5) is 37.7 Å². The Kier molecular flexibility index (Phi) is 5.65. The van der Waals surface area contributed by atoms with Gasteiger partial charge < -0.3 is 10.2 Å². The number of phenolic OH excluding ortho intramolecular Hbond substituents is 2. The van der Waals surface area contributed by atoms with Crippen molar-refractivity contribution < 1.29 is 55.7 Å². The molecule has 0 spiro atoms. The molecule has 4 rings (SSSR count). The van der Waals surface area contributed by atoms with Crippen molar-refractivity contribution >= 4 is 35.0 Å². The summed E-state index contributed by atoms with van der Waals surface area (Å²) >= 11 is 0. The molecule has 0 aromatic heterocycles. The molecule has 14 heteroatoms. The molecule has 0 unspecified atom stereocenters. The molecular formula is C23H12F6N2O6. The van der Waals surface area contributed by atoms with E-state index in [2.05, 4.69) is 0 Å². The topological polar surface area (TPSA) is 115 Å². The van der Waals surface area contributed by atoms with Crippen LogP contribution in [0.5, 0.6) is 11.5 Å². The summed E-state index contributed by atoms with van der Waals surface area (Å²) in [6.07, 6.45) is -9.67. The van der Waals surface area contributed by atoms with Crippen molar-refractivity contribution in [3.8, 4) is 11.5 Å². The van der Waals surface area contributed by atoms with E-state index in [0.717, 1.165) is 36.4 Å². The van der Waals surface area contributed by atoms with Gasteiger partial charge >= 0.3 is 12.4 Å². The average Bonchev–Trinajstić information content (AvgIpc) is 3.29. The van der Waals surface area contributed by atoms with Crippen molar-refractivity contribution in [2.24, 2.45) is 0 Å². The van der Waals surface area contributed by atoms with Crippen LogP contribution in [-0.2, 0) is 24.6 Å². The van der Waals surface area contributed by atoms with Crippen molar-refractivity contribution in [3.63, 3.8) is 0 Å². The summed E-state index contributed by atoms with van der Waals surface area (Å²) in [6, 6.07) is 2.66. The molecule has 0 fully saturated rings. The van der Waals surface area contributed by atoms with Crippen molar-refractivity contribution in [3.05, 3.63) is 71.8 Å². The number of carbonyl (C=O) groups excluding carboxylic acids is 4. The molecule has 0 saturated heterocycles. The molecule has 0 atom stereocenters. The molecule has 2 heterocycles. The highest BCUT2D eigenvalue weighted by Gasteiger charge is 2.74. The van der Waals surface area contributed by atoms with E-state index in [1.54, 1.807) is 0 Å². The fourth-order valence-electron chi connectivity index (χ4n) is 4.15. The van der Waals surface area contributed by atoms with E-state index in [9.17, 15) is 55.7 Å². The van der Waals surface area contributed by atoms with Gasteiger partial charge in [-0.1, -0.05) is 0 Å². The van der Waals surface area contributed by atoms with Gasteiger partial charge in [-0.25, -0.2) is 9.80 Å². The first-order valence-electron chi connectivity index (χ1n) is 10.0. The second kappa shape index (κ2) is 8.21. The number of phenols is 2. The second-order valence-electron chi connectivity index (χ2n) is 7.84. The molecule has 0 aliphatic carbocycles. The van der Waals surface area contributed by atoms with Crippen molar-refractivity contribution in [1.29, 1.82) is 0 Å². The predicted molar refractivity (Wildman–Crippen MR) is 112 cm³/mol. The Labute approximate surface area is 202 Å². The molecule has 8 nitrogen and oxygen atoms in total. The first-order chi connectivity index (χ1) is 17.1. The van der Waals surface area contributed by atoms with E-state index in [4.69, 9.17) is 0 Å². The van der Waals surface area contributed by atoms with Crippen LogP contribution < -0.4 is 9.80 Å². The number of hydrogen-bond donors (Lipinski definition) is 2. The number of nitrogens with zero attached hydrogens (tertiary/aromatic N) is 2. The molecule has 37 heavy (non-hydrogen) atoms. The van der Waals surface area contributed by atoms with Gasteiger partial charge in [0.1, 0.15) is 11.5 Å². The minimum absolute atomic E-state index is 0.152. The number of alkyl halides is 6. The maximum atomic E-state index is 14.7. The van der Waals surface area contributed by atoms with Gasteiger partial charge in [0.2, 0.25) is 5.41 Å². The number of rotatable bonds is 4. The highest BCUT2D eigenvalue weighted by molar-refractivity contribution is 6.28. The number of benzene rings is 2. The summed E-state index contributed by atoms with van der Waals surface area (Å²) in [6.45, 7) is 0. The minimum atomic E-state index is -6.31. The maximum absolute atomic E-state index is 14.7. The standard InChI is InChI=1S/C23H12F6N2O6/c24-22(25,26)21(23(27,28)29,13-9-11(1-3-15(13)32)30-17(34)5-6-18(30)35)14-10-12(2-4-16(14)33)31-19(36)7-8-20(31)37/h1-10,32-33H. The van der Waals surface area contributed by atoms with Gasteiger partial charge in [0.25, 0.3) is 23.6 Å². The Balaban J connectivity index is 2.07. The van der Waals surface area contributed by atoms with Gasteiger partial charge in [-0.3, -0.25) is 19.2 Å². The normalized spacial score (nSPS) is 16.5. The van der Waals surface area contributed by atoms with Gasteiger partial charge in [-0.2, -0.15) is 26.3 Å². The number of hydrogen-bond acceptors (Lipinski definition) is 6. The van der Waals surface area contributed by atoms with Crippen molar-refractivity contribution in [2.75, 3.05) is 9.80 Å². The lowest BCUT2D eigenvalue weighted by Gasteiger charge is -2.39. The summed E-state index contributed by atoms with van der Waals surface area (Å²) in [7, 11) is 0. The van der Waals surface area contributed by atoms with Gasteiger partial charge in [-0.15, -0.1) is 0 Å². The summed E-state index contributed by atoms with van der Waals surface area (Å²) in [5.41, 5.74) is -10.4. The largest absolute Gasteiger partial charge is 0.508 e. The lowest BCUT2D eigenvalue weighted by molar-refractivity contribution is -0.289. The highest BCUT2D eigenvalue weighted by atomic mass is 19.4. The number of carbonyl (C=O) groups is 4. The molecule has 2 aromatic carbocycles. The fourth-order valence-corrected chi connectivity index (χ4v) is 4.15. The van der Waals surface area contributed by atoms with E-state index in [0.29, 0.717) is 12.1 Å². The summed E-state index contributed by atoms with van der Waals surface area (Å²) in [5.74, 6) is -7.32. The molecule has 0 saturated carbocycles. The Morgan fingerprint density at radius 2 is 0.838 bits per heavy atom. The monoisotopic (exact) mass is 526 g/mol. The highest BCUT2D eigenvalue weighted by Crippen LogP contribution is 2.60. The number of anilines is 2. The first kappa shape index (κ1) is 25.5. The first-order valence-corrected chi connectivity index (χ1v) is 10.0. The van der Waals surface area contributed by atoms with Gasteiger partial charge in [0.15, 0.2) is 0 Å². The Morgan fingerprint density at radius 1 is 0.541 bits per heavy atom. The zero-order chi connectivity index (χ0) is 27.5. The zero-order valence-electron chi connectivity index (χ0n) is 18.0. The molecule has 2 aliphatic heterocycles. The van der Waals surface area contributed by atoms with E-state index >= 15 is 0 Å². The van der Waals surface area contributed by atoms with Crippen LogP contribution in [0.2, 0.25) is 0 Å². The third-order valence-corrected chi connectivity index (χ3v) is 5.75. The number of halogens is 6. The Bertz CT molecular complexity index is 1280.